The number of anilines is 1. The number of ether oxygens (including phenoxy) is 1. The molecule has 0 saturated carbocycles. The zero-order valence-electron chi connectivity index (χ0n) is 9.99. The number of nitrogens with two attached hydrogens (primary N) is 1. The van der Waals surface area contributed by atoms with Gasteiger partial charge in [-0.05, 0) is 17.7 Å². The summed E-state index contributed by atoms with van der Waals surface area (Å²) in [4.78, 5) is 9.80. The van der Waals surface area contributed by atoms with Gasteiger partial charge in [0.05, 0.1) is 0 Å². The van der Waals surface area contributed by atoms with E-state index in [1.54, 1.807) is 12.1 Å². The van der Waals surface area contributed by atoms with Gasteiger partial charge < -0.3 is 10.5 Å². The number of benzene rings is 1. The Morgan fingerprint density at radius 3 is 2.07 bits per heavy atom. The van der Waals surface area contributed by atoms with E-state index in [0.717, 1.165) is 5.56 Å². The van der Waals surface area contributed by atoms with Crippen molar-refractivity contribution in [3.8, 4) is 0 Å². The molecule has 3 heteroatoms. The fraction of sp³-hybridized carbons (Fsp3) is 0.417. The molecule has 0 heterocycles. The van der Waals surface area contributed by atoms with E-state index in [9.17, 15) is 4.79 Å². The Labute approximate surface area is 93.7 Å². The van der Waals surface area contributed by atoms with Gasteiger partial charge in [-0.15, -0.1) is 0 Å². The lowest BCUT2D eigenvalue weighted by atomic mass is 10.2. The van der Waals surface area contributed by atoms with E-state index >= 15 is 0 Å². The van der Waals surface area contributed by atoms with Crippen molar-refractivity contribution in [2.45, 2.75) is 34.3 Å². The summed E-state index contributed by atoms with van der Waals surface area (Å²) in [7, 11) is 0. The maximum absolute atomic E-state index is 9.80. The molecule has 0 aromatic heterocycles. The number of hydrogen-bond donors (Lipinski definition) is 1. The van der Waals surface area contributed by atoms with Gasteiger partial charge in [0, 0.05) is 7.11 Å². The van der Waals surface area contributed by atoms with E-state index in [-0.39, 0.29) is 1.43 Å². The van der Waals surface area contributed by atoms with Gasteiger partial charge in [0.15, 0.2) is 0 Å². The number of rotatable bonds is 3. The standard InChI is InChI=1S/C8H9NO2.2C2H6.H2/c9-8-3-1-7(2-4-8)5-11-6-10;2*1-2;/h1-4,6H,5,9H2;2*1-2H3;1H. The van der Waals surface area contributed by atoms with E-state index in [4.69, 9.17) is 5.73 Å². The molecule has 0 spiro atoms. The third-order valence-corrected chi connectivity index (χ3v) is 1.30. The predicted molar refractivity (Wildman–Crippen MR) is 66.5 cm³/mol. The van der Waals surface area contributed by atoms with E-state index in [2.05, 4.69) is 4.74 Å². The molecule has 0 atom stereocenters. The Balaban J connectivity index is -0.000000305. The molecule has 0 bridgehead atoms. The van der Waals surface area contributed by atoms with Gasteiger partial charge in [-0.1, -0.05) is 39.8 Å². The van der Waals surface area contributed by atoms with E-state index in [0.29, 0.717) is 18.8 Å². The lowest BCUT2D eigenvalue weighted by Gasteiger charge is -1.98. The Morgan fingerprint density at radius 2 is 1.67 bits per heavy atom. The average Bonchev–Trinajstić information content (AvgIpc) is 2.34. The highest BCUT2D eigenvalue weighted by Crippen LogP contribution is 2.05. The van der Waals surface area contributed by atoms with Crippen LogP contribution in [0.25, 0.3) is 0 Å². The molecular weight excluding hydrogens is 190 g/mol. The van der Waals surface area contributed by atoms with E-state index < -0.39 is 0 Å². The summed E-state index contributed by atoms with van der Waals surface area (Å²) < 4.78 is 4.54. The highest BCUT2D eigenvalue weighted by Gasteiger charge is 1.90. The fourth-order valence-corrected chi connectivity index (χ4v) is 0.744. The summed E-state index contributed by atoms with van der Waals surface area (Å²) in [6, 6.07) is 7.17. The normalized spacial score (nSPS) is 7.47. The summed E-state index contributed by atoms with van der Waals surface area (Å²) >= 11 is 0. The number of nitrogen functional groups attached to an aromatic ring is 1. The quantitative estimate of drug-likeness (QED) is 0.619. The van der Waals surface area contributed by atoms with Gasteiger partial charge in [-0.25, -0.2) is 0 Å². The predicted octanol–water partition coefficient (Wildman–Crippen LogP) is 3.24. The van der Waals surface area contributed by atoms with Crippen molar-refractivity contribution in [1.29, 1.82) is 0 Å². The first kappa shape index (κ1) is 15.9. The van der Waals surface area contributed by atoms with Gasteiger partial charge in [-0.2, -0.15) is 0 Å². The van der Waals surface area contributed by atoms with Crippen LogP contribution in [0.2, 0.25) is 0 Å². The van der Waals surface area contributed by atoms with Crippen LogP contribution in [0.5, 0.6) is 0 Å². The molecular formula is C12H23NO2. The Kier molecular flexibility index (Phi) is 13.3. The maximum Gasteiger partial charge on any atom is 0.293 e. The van der Waals surface area contributed by atoms with Crippen LogP contribution in [-0.4, -0.2) is 6.47 Å². The average molecular weight is 213 g/mol. The maximum atomic E-state index is 9.80. The van der Waals surface area contributed by atoms with Crippen LogP contribution in [0.4, 0.5) is 5.69 Å². The van der Waals surface area contributed by atoms with Crippen LogP contribution >= 0.6 is 0 Å². The van der Waals surface area contributed by atoms with Crippen molar-refractivity contribution in [1.82, 2.24) is 0 Å². The molecule has 15 heavy (non-hydrogen) atoms. The highest BCUT2D eigenvalue weighted by molar-refractivity contribution is 5.40. The van der Waals surface area contributed by atoms with Crippen molar-refractivity contribution >= 4 is 12.2 Å². The van der Waals surface area contributed by atoms with Gasteiger partial charge in [-0.3, -0.25) is 4.79 Å². The molecule has 0 unspecified atom stereocenters. The van der Waals surface area contributed by atoms with Gasteiger partial charge in [0.2, 0.25) is 0 Å². The van der Waals surface area contributed by atoms with Crippen molar-refractivity contribution in [2.75, 3.05) is 5.73 Å². The number of hydrogen-bond acceptors (Lipinski definition) is 3. The zero-order chi connectivity index (χ0) is 12.1. The molecule has 0 amide bonds. The summed E-state index contributed by atoms with van der Waals surface area (Å²) in [5, 5.41) is 0. The van der Waals surface area contributed by atoms with Crippen molar-refractivity contribution < 1.29 is 11.0 Å². The van der Waals surface area contributed by atoms with Crippen LogP contribution in [0.1, 0.15) is 34.7 Å². The van der Waals surface area contributed by atoms with E-state index in [1.165, 1.54) is 0 Å². The summed E-state index contributed by atoms with van der Waals surface area (Å²) in [5.41, 5.74) is 7.09. The van der Waals surface area contributed by atoms with Crippen molar-refractivity contribution in [3.05, 3.63) is 29.8 Å². The topological polar surface area (TPSA) is 52.3 Å². The Bertz CT molecular complexity index is 237. The second-order valence-electron chi connectivity index (χ2n) is 2.15. The molecule has 0 fully saturated rings. The first-order valence-corrected chi connectivity index (χ1v) is 5.22. The summed E-state index contributed by atoms with van der Waals surface area (Å²) in [5.74, 6) is 0. The zero-order valence-corrected chi connectivity index (χ0v) is 9.99. The molecule has 0 aliphatic carbocycles. The molecule has 0 aliphatic rings. The molecule has 1 aromatic rings. The fourth-order valence-electron chi connectivity index (χ4n) is 0.744. The third-order valence-electron chi connectivity index (χ3n) is 1.30. The molecule has 2 N–H and O–H groups in total. The number of carbonyl (C=O) groups is 1. The summed E-state index contributed by atoms with van der Waals surface area (Å²) in [6.45, 7) is 8.74. The van der Waals surface area contributed by atoms with Crippen LogP contribution < -0.4 is 5.73 Å². The number of carbonyl (C=O) groups excluding carboxylic acids is 1. The minimum Gasteiger partial charge on any atom is -0.463 e. The molecule has 1 aromatic carbocycles. The van der Waals surface area contributed by atoms with E-state index in [1.807, 2.05) is 39.8 Å². The van der Waals surface area contributed by atoms with Crippen LogP contribution in [0.15, 0.2) is 24.3 Å². The molecule has 0 radical (unpaired) electrons. The second kappa shape index (κ2) is 12.5. The largest absolute Gasteiger partial charge is 0.463 e. The minimum absolute atomic E-state index is 0. The van der Waals surface area contributed by atoms with Gasteiger partial charge >= 0.3 is 0 Å². The monoisotopic (exact) mass is 213 g/mol. The minimum atomic E-state index is 0. The lowest BCUT2D eigenvalue weighted by Crippen LogP contribution is -1.90. The molecule has 3 nitrogen and oxygen atoms in total. The second-order valence-corrected chi connectivity index (χ2v) is 2.15. The Morgan fingerprint density at radius 1 is 1.20 bits per heavy atom. The van der Waals surface area contributed by atoms with Gasteiger partial charge in [0.1, 0.15) is 6.61 Å². The van der Waals surface area contributed by atoms with Gasteiger partial charge in [0.25, 0.3) is 6.47 Å². The smallest absolute Gasteiger partial charge is 0.293 e. The Hall–Kier alpha value is -1.51. The van der Waals surface area contributed by atoms with Crippen LogP contribution in [0.3, 0.4) is 0 Å². The highest BCUT2D eigenvalue weighted by atomic mass is 16.5. The first-order chi connectivity index (χ1) is 7.33. The SMILES string of the molecule is CC.CC.Nc1ccc(COC=O)cc1.[HH]. The van der Waals surface area contributed by atoms with Crippen LogP contribution in [-0.2, 0) is 16.1 Å². The molecule has 0 aliphatic heterocycles. The third kappa shape index (κ3) is 8.81. The van der Waals surface area contributed by atoms with Crippen molar-refractivity contribution in [3.63, 3.8) is 0 Å². The summed E-state index contributed by atoms with van der Waals surface area (Å²) in [6.07, 6.45) is 0. The molecule has 1 rings (SSSR count). The van der Waals surface area contributed by atoms with Crippen molar-refractivity contribution in [2.24, 2.45) is 0 Å². The lowest BCUT2D eigenvalue weighted by molar-refractivity contribution is -0.129. The van der Waals surface area contributed by atoms with Crippen LogP contribution in [0, 0.1) is 0 Å². The molecule has 0 saturated heterocycles. The molecule has 88 valence electrons. The first-order valence-electron chi connectivity index (χ1n) is 5.22.